The Labute approximate surface area is 126 Å². The van der Waals surface area contributed by atoms with Crippen LogP contribution in [-0.4, -0.2) is 33.2 Å². The molecule has 0 rings (SSSR count). The predicted octanol–water partition coefficient (Wildman–Crippen LogP) is 4.97. The summed E-state index contributed by atoms with van der Waals surface area (Å²) in [5.41, 5.74) is 0. The van der Waals surface area contributed by atoms with Gasteiger partial charge in [0, 0.05) is 20.8 Å². The van der Waals surface area contributed by atoms with Gasteiger partial charge in [0.05, 0.1) is 0 Å². The van der Waals surface area contributed by atoms with Crippen LogP contribution in [0.25, 0.3) is 0 Å². The highest BCUT2D eigenvalue weighted by molar-refractivity contribution is 7.45. The summed E-state index contributed by atoms with van der Waals surface area (Å²) in [7, 11) is -4.64. The summed E-state index contributed by atoms with van der Waals surface area (Å²) in [6.07, 6.45) is -10.2. The molecule has 3 N–H and O–H groups in total. The first kappa shape index (κ1) is 33.7. The Balaban J connectivity index is -0.0000000593. The lowest BCUT2D eigenvalue weighted by Gasteiger charge is -1.88. The summed E-state index contributed by atoms with van der Waals surface area (Å²) in [6, 6.07) is 0. The van der Waals surface area contributed by atoms with E-state index in [1.54, 1.807) is 6.08 Å². The lowest BCUT2D eigenvalue weighted by Crippen LogP contribution is -1.95. The molecule has 0 radical (unpaired) electrons. The second kappa shape index (κ2) is 14.8. The van der Waals surface area contributed by atoms with E-state index in [2.05, 4.69) is 6.58 Å². The number of hydrogen-bond donors (Lipinski definition) is 3. The normalized spacial score (nSPS) is 11.0. The van der Waals surface area contributed by atoms with Gasteiger partial charge in [-0.2, -0.15) is 39.5 Å². The van der Waals surface area contributed by atoms with Gasteiger partial charge in [-0.1, -0.05) is 6.08 Å². The molecule has 0 unspecified atom stereocenters. The zero-order valence-corrected chi connectivity index (χ0v) is 13.3. The van der Waals surface area contributed by atoms with E-state index < -0.39 is 26.4 Å². The van der Waals surface area contributed by atoms with E-state index in [9.17, 15) is 39.5 Å². The first-order valence-corrected chi connectivity index (χ1v) is 6.53. The smallest absolute Gasteiger partial charge is 0.303 e. The minimum absolute atomic E-state index is 0.188. The summed E-state index contributed by atoms with van der Waals surface area (Å²) < 4.78 is 102. The molecule has 14 heteroatoms. The van der Waals surface area contributed by atoms with Crippen LogP contribution in [0.15, 0.2) is 12.7 Å². The second-order valence-electron chi connectivity index (χ2n) is 3.27. The SMILES string of the molecule is C=CC.CC(F)(F)F.CC(F)(F)F.CC(F)(F)F.O=P(O)(O)O. The van der Waals surface area contributed by atoms with Crippen LogP contribution in [0.4, 0.5) is 39.5 Å². The number of rotatable bonds is 0. The Morgan fingerprint density at radius 1 is 0.739 bits per heavy atom. The van der Waals surface area contributed by atoms with Crippen LogP contribution in [0, 0.1) is 0 Å². The maximum Gasteiger partial charge on any atom is 0.466 e. The largest absolute Gasteiger partial charge is 0.466 e. The van der Waals surface area contributed by atoms with Gasteiger partial charge in [-0.05, 0) is 6.92 Å². The van der Waals surface area contributed by atoms with Crippen molar-refractivity contribution in [3.8, 4) is 0 Å². The monoisotopic (exact) mass is 392 g/mol. The first-order valence-electron chi connectivity index (χ1n) is 4.97. The predicted molar refractivity (Wildman–Crippen MR) is 65.3 cm³/mol. The van der Waals surface area contributed by atoms with Crippen molar-refractivity contribution in [3.05, 3.63) is 12.7 Å². The third-order valence-corrected chi connectivity index (χ3v) is 0. The van der Waals surface area contributed by atoms with Gasteiger partial charge < -0.3 is 14.7 Å². The van der Waals surface area contributed by atoms with Gasteiger partial charge >= 0.3 is 26.4 Å². The maximum absolute atomic E-state index is 10.4. The van der Waals surface area contributed by atoms with E-state index in [1.807, 2.05) is 6.92 Å². The Kier molecular flexibility index (Phi) is 21.7. The zero-order chi connectivity index (χ0) is 20.7. The van der Waals surface area contributed by atoms with Gasteiger partial charge in [-0.25, -0.2) is 4.57 Å². The highest BCUT2D eigenvalue weighted by atomic mass is 31.2. The minimum Gasteiger partial charge on any atom is -0.303 e. The quantitative estimate of drug-likeness (QED) is 0.309. The van der Waals surface area contributed by atoms with Gasteiger partial charge in [-0.15, -0.1) is 6.58 Å². The third kappa shape index (κ3) is 12900. The topological polar surface area (TPSA) is 77.8 Å². The highest BCUT2D eigenvalue weighted by Gasteiger charge is 2.16. The van der Waals surface area contributed by atoms with Gasteiger partial charge in [-0.3, -0.25) is 0 Å². The minimum atomic E-state index is -4.64. The van der Waals surface area contributed by atoms with E-state index in [1.165, 1.54) is 0 Å². The van der Waals surface area contributed by atoms with Crippen molar-refractivity contribution in [2.75, 3.05) is 0 Å². The zero-order valence-electron chi connectivity index (χ0n) is 12.4. The fourth-order valence-electron chi connectivity index (χ4n) is 0. The summed E-state index contributed by atoms with van der Waals surface area (Å²) in [5.74, 6) is 0. The number of phosphoric acid groups is 1. The fraction of sp³-hybridized carbons (Fsp3) is 0.778. The average molecular weight is 392 g/mol. The third-order valence-electron chi connectivity index (χ3n) is 0. The molecule has 0 aliphatic heterocycles. The number of alkyl halides is 9. The molecular formula is C9H18F9O4P. The molecule has 0 spiro atoms. The first-order chi connectivity index (χ1) is 9.41. The van der Waals surface area contributed by atoms with Crippen LogP contribution in [0.5, 0.6) is 0 Å². The van der Waals surface area contributed by atoms with E-state index in [4.69, 9.17) is 19.2 Å². The molecule has 0 heterocycles. The van der Waals surface area contributed by atoms with Crippen molar-refractivity contribution in [2.45, 2.75) is 46.2 Å². The highest BCUT2D eigenvalue weighted by Crippen LogP contribution is 2.25. The number of allylic oxidation sites excluding steroid dienone is 1. The van der Waals surface area contributed by atoms with Crippen LogP contribution in [0.3, 0.4) is 0 Å². The lowest BCUT2D eigenvalue weighted by atomic mass is 10.8. The number of halogens is 9. The molecule has 0 aromatic carbocycles. The second-order valence-corrected chi connectivity index (χ2v) is 4.29. The van der Waals surface area contributed by atoms with Gasteiger partial charge in [0.2, 0.25) is 0 Å². The van der Waals surface area contributed by atoms with Gasteiger partial charge in [0.1, 0.15) is 0 Å². The maximum atomic E-state index is 10.4. The van der Waals surface area contributed by atoms with Crippen molar-refractivity contribution in [1.29, 1.82) is 0 Å². The van der Waals surface area contributed by atoms with Crippen LogP contribution in [0.1, 0.15) is 27.7 Å². The summed E-state index contributed by atoms with van der Waals surface area (Å²) in [5, 5.41) is 0. The van der Waals surface area contributed by atoms with Crippen molar-refractivity contribution >= 4 is 7.82 Å². The van der Waals surface area contributed by atoms with Crippen molar-refractivity contribution in [3.63, 3.8) is 0 Å². The van der Waals surface area contributed by atoms with Gasteiger partial charge in [0.25, 0.3) is 0 Å². The molecule has 146 valence electrons. The Morgan fingerprint density at radius 2 is 0.739 bits per heavy atom. The number of hydrogen-bond acceptors (Lipinski definition) is 1. The summed E-state index contributed by atoms with van der Waals surface area (Å²) in [6.45, 7) is 5.81. The summed E-state index contributed by atoms with van der Waals surface area (Å²) >= 11 is 0. The molecule has 0 amide bonds. The average Bonchev–Trinajstić information content (AvgIpc) is 1.87. The molecule has 23 heavy (non-hydrogen) atoms. The molecule has 0 saturated carbocycles. The fourth-order valence-corrected chi connectivity index (χ4v) is 0. The molecule has 0 saturated heterocycles. The van der Waals surface area contributed by atoms with Crippen LogP contribution in [-0.2, 0) is 4.57 Å². The van der Waals surface area contributed by atoms with Crippen LogP contribution < -0.4 is 0 Å². The van der Waals surface area contributed by atoms with Crippen LogP contribution >= 0.6 is 7.82 Å². The molecule has 0 aliphatic carbocycles. The van der Waals surface area contributed by atoms with Crippen molar-refractivity contribution < 1.29 is 58.8 Å². The lowest BCUT2D eigenvalue weighted by molar-refractivity contribution is -0.111. The standard InChI is InChI=1S/C3H6.3C2H3F3.H3O4P/c1-3-2;3*1-2(3,4)5;1-5(2,3)4/h3H,1H2,2H3;3*1H3;(H3,1,2,3,4). The Hall–Kier alpha value is -0.780. The Bertz CT molecular complexity index is 249. The Morgan fingerprint density at radius 3 is 0.739 bits per heavy atom. The van der Waals surface area contributed by atoms with E-state index >= 15 is 0 Å². The van der Waals surface area contributed by atoms with Crippen molar-refractivity contribution in [2.24, 2.45) is 0 Å². The van der Waals surface area contributed by atoms with E-state index in [0.29, 0.717) is 0 Å². The molecule has 0 fully saturated rings. The van der Waals surface area contributed by atoms with Crippen molar-refractivity contribution in [1.82, 2.24) is 0 Å². The van der Waals surface area contributed by atoms with E-state index in [-0.39, 0.29) is 20.8 Å². The van der Waals surface area contributed by atoms with Gasteiger partial charge in [0.15, 0.2) is 0 Å². The molecule has 4 nitrogen and oxygen atoms in total. The van der Waals surface area contributed by atoms with Crippen LogP contribution in [0.2, 0.25) is 0 Å². The van der Waals surface area contributed by atoms with E-state index in [0.717, 1.165) is 0 Å². The molecular weight excluding hydrogens is 374 g/mol. The molecule has 0 aromatic heterocycles. The molecule has 0 bridgehead atoms. The molecule has 0 aromatic rings. The molecule has 0 atom stereocenters. The summed E-state index contributed by atoms with van der Waals surface area (Å²) in [4.78, 5) is 21.6. The molecule has 0 aliphatic rings.